The van der Waals surface area contributed by atoms with Gasteiger partial charge in [0.1, 0.15) is 6.04 Å². The molecule has 0 aliphatic carbocycles. The van der Waals surface area contributed by atoms with E-state index in [9.17, 15) is 9.70 Å². The molecule has 1 aromatic heterocycles. The van der Waals surface area contributed by atoms with Gasteiger partial charge >= 0.3 is 0 Å². The smallest absolute Gasteiger partial charge is 0.258 e. The molecule has 0 amide bonds. The van der Waals surface area contributed by atoms with Gasteiger partial charge in [0.15, 0.2) is 0 Å². The highest BCUT2D eigenvalue weighted by Crippen LogP contribution is 2.20. The van der Waals surface area contributed by atoms with Crippen LogP contribution in [0.2, 0.25) is 0 Å². The van der Waals surface area contributed by atoms with E-state index in [2.05, 4.69) is 33.6 Å². The Balaban J connectivity index is 1.51. The third kappa shape index (κ3) is 5.21. The molecule has 1 aliphatic rings. The number of nitrogens with zero attached hydrogens (tertiary/aromatic N) is 3. The van der Waals surface area contributed by atoms with E-state index in [1.165, 1.54) is 17.3 Å². The summed E-state index contributed by atoms with van der Waals surface area (Å²) in [4.78, 5) is 27.1. The number of anilines is 1. The molecule has 1 atom stereocenters. The van der Waals surface area contributed by atoms with Gasteiger partial charge in [0.05, 0.1) is 12.2 Å². The number of nitrogens with two attached hydrogens (primary N) is 1. The summed E-state index contributed by atoms with van der Waals surface area (Å²) in [6, 6.07) is 15.4. The van der Waals surface area contributed by atoms with Gasteiger partial charge in [0.25, 0.3) is 5.56 Å². The third-order valence-electron chi connectivity index (χ3n) is 6.03. The summed E-state index contributed by atoms with van der Waals surface area (Å²) in [6.07, 6.45) is 7.92. The van der Waals surface area contributed by atoms with Crippen LogP contribution >= 0.6 is 0 Å². The molecule has 0 spiro atoms. The molecule has 3 aromatic rings. The number of fused-ring (bicyclic) bond motifs is 2. The first-order valence-corrected chi connectivity index (χ1v) is 11.2. The van der Waals surface area contributed by atoms with Crippen LogP contribution in [0.4, 0.5) is 5.69 Å². The van der Waals surface area contributed by atoms with Crippen molar-refractivity contribution in [3.63, 3.8) is 0 Å². The molecular formula is C26H29N5O2. The lowest BCUT2D eigenvalue weighted by Gasteiger charge is -2.30. The normalized spacial score (nSPS) is 15.5. The van der Waals surface area contributed by atoms with Gasteiger partial charge in [-0.3, -0.25) is 9.69 Å². The van der Waals surface area contributed by atoms with Crippen molar-refractivity contribution in [1.29, 1.82) is 0 Å². The zero-order chi connectivity index (χ0) is 23.2. The minimum atomic E-state index is -0.506. The van der Waals surface area contributed by atoms with Crippen LogP contribution in [-0.2, 0) is 19.5 Å². The second-order valence-corrected chi connectivity index (χ2v) is 8.34. The van der Waals surface area contributed by atoms with Gasteiger partial charge in [-0.1, -0.05) is 41.6 Å². The minimum absolute atomic E-state index is 0.141. The predicted molar refractivity (Wildman–Crippen MR) is 134 cm³/mol. The van der Waals surface area contributed by atoms with Crippen LogP contribution in [0, 0.1) is 4.91 Å². The average Bonchev–Trinajstić information content (AvgIpc) is 2.85. The molecule has 4 rings (SSSR count). The number of nitroso groups, excluding NO2 is 1. The molecule has 0 saturated carbocycles. The van der Waals surface area contributed by atoms with E-state index in [0.717, 1.165) is 36.3 Å². The Morgan fingerprint density at radius 3 is 2.76 bits per heavy atom. The minimum Gasteiger partial charge on any atom is -0.403 e. The Bertz CT molecular complexity index is 1260. The Hall–Kier alpha value is -3.71. The van der Waals surface area contributed by atoms with Crippen LogP contribution < -0.4 is 16.6 Å². The van der Waals surface area contributed by atoms with Crippen LogP contribution in [0.5, 0.6) is 0 Å². The Kier molecular flexibility index (Phi) is 7.00. The molecule has 0 radical (unpaired) electrons. The fourth-order valence-corrected chi connectivity index (χ4v) is 4.35. The van der Waals surface area contributed by atoms with Crippen molar-refractivity contribution in [1.82, 2.24) is 9.47 Å². The SMILES string of the molecule is C/C=C\C(=C/N)Nc1ccc2ccn(CC(CN3CCc4ccccc4C3)N=O)c(=O)c2c1. The summed E-state index contributed by atoms with van der Waals surface area (Å²) in [6.45, 7) is 4.36. The molecule has 7 heteroatoms. The van der Waals surface area contributed by atoms with Crippen LogP contribution in [0.1, 0.15) is 18.1 Å². The van der Waals surface area contributed by atoms with Gasteiger partial charge in [0, 0.05) is 43.1 Å². The fraction of sp³-hybridized carbons (Fsp3) is 0.269. The number of pyridine rings is 1. The zero-order valence-electron chi connectivity index (χ0n) is 18.8. The monoisotopic (exact) mass is 443 g/mol. The summed E-state index contributed by atoms with van der Waals surface area (Å²) in [5.74, 6) is 0. The maximum atomic E-state index is 13.2. The Morgan fingerprint density at radius 2 is 2.00 bits per heavy atom. The highest BCUT2D eigenvalue weighted by molar-refractivity contribution is 5.85. The van der Waals surface area contributed by atoms with Crippen molar-refractivity contribution in [3.8, 4) is 0 Å². The Labute approximate surface area is 193 Å². The van der Waals surface area contributed by atoms with E-state index in [1.54, 1.807) is 10.8 Å². The summed E-state index contributed by atoms with van der Waals surface area (Å²) in [7, 11) is 0. The van der Waals surface area contributed by atoms with E-state index in [0.29, 0.717) is 11.9 Å². The summed E-state index contributed by atoms with van der Waals surface area (Å²) in [5.41, 5.74) is 9.68. The highest BCUT2D eigenvalue weighted by atomic mass is 16.3. The first-order valence-electron chi connectivity index (χ1n) is 11.2. The third-order valence-corrected chi connectivity index (χ3v) is 6.03. The first-order chi connectivity index (χ1) is 16.1. The number of hydrogen-bond donors (Lipinski definition) is 2. The summed E-state index contributed by atoms with van der Waals surface area (Å²) >= 11 is 0. The molecule has 3 N–H and O–H groups in total. The van der Waals surface area contributed by atoms with Crippen LogP contribution in [0.25, 0.3) is 10.8 Å². The van der Waals surface area contributed by atoms with Crippen LogP contribution in [0.3, 0.4) is 0 Å². The lowest BCUT2D eigenvalue weighted by atomic mass is 9.99. The zero-order valence-corrected chi connectivity index (χ0v) is 18.8. The highest BCUT2D eigenvalue weighted by Gasteiger charge is 2.21. The lowest BCUT2D eigenvalue weighted by molar-refractivity contribution is 0.231. The number of benzene rings is 2. The number of rotatable bonds is 8. The molecule has 33 heavy (non-hydrogen) atoms. The van der Waals surface area contributed by atoms with E-state index < -0.39 is 6.04 Å². The molecule has 170 valence electrons. The standard InChI is InChI=1S/C26H29N5O2/c1-2-5-23(15-27)28-22-9-8-20-11-13-31(26(32)25(20)14-22)18-24(29-33)17-30-12-10-19-6-3-4-7-21(19)16-30/h2-9,11,13-15,24,28H,10,12,16-18,27H2,1H3/b5-2-,23-15+. The summed E-state index contributed by atoms with van der Waals surface area (Å²) in [5, 5.41) is 7.98. The van der Waals surface area contributed by atoms with Gasteiger partial charge in [-0.05, 0) is 54.1 Å². The molecule has 0 bridgehead atoms. The first kappa shape index (κ1) is 22.5. The molecular weight excluding hydrogens is 414 g/mol. The topological polar surface area (TPSA) is 92.7 Å². The lowest BCUT2D eigenvalue weighted by Crippen LogP contribution is -2.38. The van der Waals surface area contributed by atoms with Crippen LogP contribution in [0.15, 0.2) is 88.7 Å². The fourth-order valence-electron chi connectivity index (χ4n) is 4.35. The van der Waals surface area contributed by atoms with Crippen molar-refractivity contribution in [2.24, 2.45) is 10.9 Å². The van der Waals surface area contributed by atoms with Crippen molar-refractivity contribution >= 4 is 16.5 Å². The van der Waals surface area contributed by atoms with Gasteiger partial charge in [0.2, 0.25) is 0 Å². The van der Waals surface area contributed by atoms with E-state index in [1.807, 2.05) is 49.4 Å². The molecule has 2 heterocycles. The number of hydrogen-bond acceptors (Lipinski definition) is 6. The number of aromatic nitrogens is 1. The molecule has 0 saturated heterocycles. The molecule has 1 aliphatic heterocycles. The van der Waals surface area contributed by atoms with E-state index >= 15 is 0 Å². The molecule has 7 nitrogen and oxygen atoms in total. The predicted octanol–water partition coefficient (Wildman–Crippen LogP) is 3.98. The number of allylic oxidation sites excluding steroid dienone is 2. The number of nitrogens with one attached hydrogen (secondary N) is 1. The Morgan fingerprint density at radius 1 is 1.18 bits per heavy atom. The largest absolute Gasteiger partial charge is 0.403 e. The quantitative estimate of drug-likeness (QED) is 0.406. The van der Waals surface area contributed by atoms with Crippen LogP contribution in [-0.4, -0.2) is 28.6 Å². The van der Waals surface area contributed by atoms with Crippen molar-refractivity contribution in [2.75, 3.05) is 18.4 Å². The molecule has 0 fully saturated rings. The molecule has 1 unspecified atom stereocenters. The second kappa shape index (κ2) is 10.3. The van der Waals surface area contributed by atoms with Gasteiger partial charge < -0.3 is 15.6 Å². The maximum absolute atomic E-state index is 13.2. The van der Waals surface area contributed by atoms with Gasteiger partial charge in [-0.15, -0.1) is 0 Å². The molecule has 2 aromatic carbocycles. The second-order valence-electron chi connectivity index (χ2n) is 8.34. The van der Waals surface area contributed by atoms with Gasteiger partial charge in [-0.2, -0.15) is 4.91 Å². The van der Waals surface area contributed by atoms with Gasteiger partial charge in [-0.25, -0.2) is 0 Å². The summed E-state index contributed by atoms with van der Waals surface area (Å²) < 4.78 is 1.59. The van der Waals surface area contributed by atoms with Crippen molar-refractivity contribution in [2.45, 2.75) is 32.5 Å². The van der Waals surface area contributed by atoms with Crippen molar-refractivity contribution in [3.05, 3.63) is 105 Å². The van der Waals surface area contributed by atoms with E-state index in [-0.39, 0.29) is 12.1 Å². The van der Waals surface area contributed by atoms with Crippen molar-refractivity contribution < 1.29 is 0 Å². The van der Waals surface area contributed by atoms with E-state index in [4.69, 9.17) is 5.73 Å². The average molecular weight is 444 g/mol. The maximum Gasteiger partial charge on any atom is 0.258 e.